The van der Waals surface area contributed by atoms with Gasteiger partial charge in [0, 0.05) is 13.1 Å². The molecular weight excluding hydrogens is 242 g/mol. The van der Waals surface area contributed by atoms with Gasteiger partial charge in [-0.1, -0.05) is 19.1 Å². The van der Waals surface area contributed by atoms with Gasteiger partial charge in [0.1, 0.15) is 5.75 Å². The topological polar surface area (TPSA) is 49.8 Å². The van der Waals surface area contributed by atoms with Crippen LogP contribution in [0.25, 0.3) is 0 Å². The van der Waals surface area contributed by atoms with Crippen molar-refractivity contribution in [3.05, 3.63) is 29.8 Å². The molecule has 4 nitrogen and oxygen atoms in total. The third kappa shape index (κ3) is 6.25. The van der Waals surface area contributed by atoms with E-state index in [4.69, 9.17) is 9.84 Å². The van der Waals surface area contributed by atoms with Crippen molar-refractivity contribution in [2.75, 3.05) is 26.7 Å². The molecule has 0 aliphatic heterocycles. The standard InChI is InChI=1S/C15H23NO3/c1-3-10-16(12-9-15(17)18)11-8-13-4-6-14(19-2)7-5-13/h4-7H,3,8-12H2,1-2H3,(H,17,18). The minimum Gasteiger partial charge on any atom is -0.497 e. The van der Waals surface area contributed by atoms with E-state index in [0.717, 1.165) is 31.7 Å². The summed E-state index contributed by atoms with van der Waals surface area (Å²) in [5, 5.41) is 8.73. The lowest BCUT2D eigenvalue weighted by atomic mass is 10.1. The Morgan fingerprint density at radius 2 is 1.89 bits per heavy atom. The molecule has 0 bridgehead atoms. The number of rotatable bonds is 9. The number of ether oxygens (including phenoxy) is 1. The number of carboxylic acid groups (broad SMARTS) is 1. The van der Waals surface area contributed by atoms with Crippen LogP contribution in [0.1, 0.15) is 25.3 Å². The summed E-state index contributed by atoms with van der Waals surface area (Å²) in [6.07, 6.45) is 2.19. The second kappa shape index (κ2) is 8.53. The Morgan fingerprint density at radius 1 is 1.21 bits per heavy atom. The van der Waals surface area contributed by atoms with Crippen molar-refractivity contribution in [2.45, 2.75) is 26.2 Å². The van der Waals surface area contributed by atoms with E-state index in [1.165, 1.54) is 5.56 Å². The third-order valence-corrected chi connectivity index (χ3v) is 3.06. The number of methoxy groups -OCH3 is 1. The lowest BCUT2D eigenvalue weighted by molar-refractivity contribution is -0.137. The molecule has 1 aromatic rings. The Hall–Kier alpha value is -1.55. The number of hydrogen-bond acceptors (Lipinski definition) is 3. The van der Waals surface area contributed by atoms with Gasteiger partial charge in [0.25, 0.3) is 0 Å². The van der Waals surface area contributed by atoms with Crippen LogP contribution < -0.4 is 4.74 Å². The number of aliphatic carboxylic acids is 1. The lowest BCUT2D eigenvalue weighted by Crippen LogP contribution is -2.29. The molecule has 0 fully saturated rings. The van der Waals surface area contributed by atoms with Crippen molar-refractivity contribution in [1.29, 1.82) is 0 Å². The molecule has 0 heterocycles. The number of carboxylic acids is 1. The highest BCUT2D eigenvalue weighted by Crippen LogP contribution is 2.12. The monoisotopic (exact) mass is 265 g/mol. The smallest absolute Gasteiger partial charge is 0.304 e. The summed E-state index contributed by atoms with van der Waals surface area (Å²) in [5.74, 6) is 0.130. The van der Waals surface area contributed by atoms with Crippen molar-refractivity contribution >= 4 is 5.97 Å². The molecule has 0 spiro atoms. The van der Waals surface area contributed by atoms with Crippen LogP contribution in [0.2, 0.25) is 0 Å². The molecule has 1 rings (SSSR count). The van der Waals surface area contributed by atoms with Gasteiger partial charge < -0.3 is 14.7 Å². The molecule has 0 amide bonds. The summed E-state index contributed by atoms with van der Waals surface area (Å²) in [5.41, 5.74) is 1.25. The molecule has 19 heavy (non-hydrogen) atoms. The zero-order valence-corrected chi connectivity index (χ0v) is 11.8. The molecule has 1 N–H and O–H groups in total. The first-order valence-corrected chi connectivity index (χ1v) is 6.72. The molecule has 106 valence electrons. The summed E-state index contributed by atoms with van der Waals surface area (Å²) in [4.78, 5) is 12.8. The van der Waals surface area contributed by atoms with Gasteiger partial charge in [0.05, 0.1) is 13.5 Å². The molecule has 0 saturated carbocycles. The average Bonchev–Trinajstić information content (AvgIpc) is 2.42. The number of hydrogen-bond donors (Lipinski definition) is 1. The van der Waals surface area contributed by atoms with Gasteiger partial charge in [0.2, 0.25) is 0 Å². The van der Waals surface area contributed by atoms with E-state index in [1.54, 1.807) is 7.11 Å². The first-order chi connectivity index (χ1) is 9.15. The van der Waals surface area contributed by atoms with E-state index < -0.39 is 5.97 Å². The minimum atomic E-state index is -0.731. The molecule has 0 aliphatic carbocycles. The van der Waals surface area contributed by atoms with Crippen LogP contribution >= 0.6 is 0 Å². The zero-order valence-electron chi connectivity index (χ0n) is 11.8. The summed E-state index contributed by atoms with van der Waals surface area (Å²) < 4.78 is 5.12. The Labute approximate surface area is 115 Å². The Kier molecular flexibility index (Phi) is 6.97. The van der Waals surface area contributed by atoms with Gasteiger partial charge in [-0.25, -0.2) is 0 Å². The first kappa shape index (κ1) is 15.5. The average molecular weight is 265 g/mol. The van der Waals surface area contributed by atoms with Crippen LogP contribution in [0.5, 0.6) is 5.75 Å². The summed E-state index contributed by atoms with van der Waals surface area (Å²) in [7, 11) is 1.66. The van der Waals surface area contributed by atoms with Crippen LogP contribution in [0.15, 0.2) is 24.3 Å². The predicted molar refractivity (Wildman–Crippen MR) is 75.7 cm³/mol. The molecule has 0 atom stereocenters. The van der Waals surface area contributed by atoms with Gasteiger partial charge in [-0.2, -0.15) is 0 Å². The fourth-order valence-corrected chi connectivity index (χ4v) is 1.98. The maximum Gasteiger partial charge on any atom is 0.304 e. The van der Waals surface area contributed by atoms with Crippen LogP contribution in [0, 0.1) is 0 Å². The molecule has 1 aromatic carbocycles. The van der Waals surface area contributed by atoms with Gasteiger partial charge >= 0.3 is 5.97 Å². The van der Waals surface area contributed by atoms with Gasteiger partial charge in [-0.15, -0.1) is 0 Å². The van der Waals surface area contributed by atoms with Gasteiger partial charge in [-0.3, -0.25) is 4.79 Å². The second-order valence-corrected chi connectivity index (χ2v) is 4.58. The van der Waals surface area contributed by atoms with Crippen LogP contribution in [0.4, 0.5) is 0 Å². The highest BCUT2D eigenvalue weighted by atomic mass is 16.5. The SMILES string of the molecule is CCCN(CCC(=O)O)CCc1ccc(OC)cc1. The molecule has 4 heteroatoms. The first-order valence-electron chi connectivity index (χ1n) is 6.72. The molecule has 0 radical (unpaired) electrons. The third-order valence-electron chi connectivity index (χ3n) is 3.06. The largest absolute Gasteiger partial charge is 0.497 e. The summed E-state index contributed by atoms with van der Waals surface area (Å²) in [6.45, 7) is 4.58. The molecule has 0 aromatic heterocycles. The van der Waals surface area contributed by atoms with E-state index in [1.807, 2.05) is 12.1 Å². The van der Waals surface area contributed by atoms with E-state index in [9.17, 15) is 4.79 Å². The summed E-state index contributed by atoms with van der Waals surface area (Å²) in [6, 6.07) is 8.02. The van der Waals surface area contributed by atoms with Gasteiger partial charge in [0.15, 0.2) is 0 Å². The van der Waals surface area contributed by atoms with Crippen molar-refractivity contribution in [3.63, 3.8) is 0 Å². The van der Waals surface area contributed by atoms with Crippen molar-refractivity contribution in [3.8, 4) is 5.75 Å². The van der Waals surface area contributed by atoms with Gasteiger partial charge in [-0.05, 0) is 37.1 Å². The van der Waals surface area contributed by atoms with Crippen molar-refractivity contribution < 1.29 is 14.6 Å². The minimum absolute atomic E-state index is 0.211. The fourth-order valence-electron chi connectivity index (χ4n) is 1.98. The highest BCUT2D eigenvalue weighted by Gasteiger charge is 2.07. The van der Waals surface area contributed by atoms with E-state index in [-0.39, 0.29) is 6.42 Å². The Bertz CT molecular complexity index is 375. The lowest BCUT2D eigenvalue weighted by Gasteiger charge is -2.20. The Balaban J connectivity index is 2.42. The van der Waals surface area contributed by atoms with E-state index in [0.29, 0.717) is 6.54 Å². The van der Waals surface area contributed by atoms with Crippen LogP contribution in [0.3, 0.4) is 0 Å². The number of carbonyl (C=O) groups is 1. The summed E-state index contributed by atoms with van der Waals surface area (Å²) >= 11 is 0. The molecule has 0 aliphatic rings. The quantitative estimate of drug-likeness (QED) is 0.745. The normalized spacial score (nSPS) is 10.7. The van der Waals surface area contributed by atoms with E-state index in [2.05, 4.69) is 24.0 Å². The van der Waals surface area contributed by atoms with Crippen molar-refractivity contribution in [2.24, 2.45) is 0 Å². The highest BCUT2D eigenvalue weighted by molar-refractivity contribution is 5.66. The molecule has 0 saturated heterocycles. The second-order valence-electron chi connectivity index (χ2n) is 4.58. The number of nitrogens with zero attached hydrogens (tertiary/aromatic N) is 1. The molecular formula is C15H23NO3. The maximum atomic E-state index is 10.6. The predicted octanol–water partition coefficient (Wildman–Crippen LogP) is 2.42. The zero-order chi connectivity index (χ0) is 14.1. The Morgan fingerprint density at radius 3 is 2.42 bits per heavy atom. The fraction of sp³-hybridized carbons (Fsp3) is 0.533. The maximum absolute atomic E-state index is 10.6. The number of benzene rings is 1. The van der Waals surface area contributed by atoms with E-state index >= 15 is 0 Å². The van der Waals surface area contributed by atoms with Crippen LogP contribution in [-0.4, -0.2) is 42.7 Å². The van der Waals surface area contributed by atoms with Crippen LogP contribution in [-0.2, 0) is 11.2 Å². The van der Waals surface area contributed by atoms with Crippen molar-refractivity contribution in [1.82, 2.24) is 4.90 Å². The molecule has 0 unspecified atom stereocenters.